The molecule has 2 rings (SSSR count). The summed E-state index contributed by atoms with van der Waals surface area (Å²) in [5.74, 6) is -0.671. The van der Waals surface area contributed by atoms with E-state index in [9.17, 15) is 9.59 Å². The van der Waals surface area contributed by atoms with Gasteiger partial charge in [0.15, 0.2) is 6.61 Å². The zero-order valence-corrected chi connectivity index (χ0v) is 10.4. The van der Waals surface area contributed by atoms with Crippen molar-refractivity contribution in [3.63, 3.8) is 0 Å². The van der Waals surface area contributed by atoms with Gasteiger partial charge in [-0.2, -0.15) is 0 Å². The van der Waals surface area contributed by atoms with Gasteiger partial charge in [-0.1, -0.05) is 0 Å². The number of amides is 1. The molecule has 1 aliphatic heterocycles. The van der Waals surface area contributed by atoms with Crippen molar-refractivity contribution in [2.24, 2.45) is 5.73 Å². The molecule has 4 N–H and O–H groups in total. The number of rotatable bonds is 4. The van der Waals surface area contributed by atoms with Gasteiger partial charge in [0.05, 0.1) is 5.69 Å². The second-order valence-corrected chi connectivity index (χ2v) is 4.34. The highest BCUT2D eigenvalue weighted by Gasteiger charge is 2.18. The van der Waals surface area contributed by atoms with Gasteiger partial charge < -0.3 is 25.8 Å². The molecule has 1 aliphatic rings. The Bertz CT molecular complexity index is 518. The molecular formula is C12H15N3O4. The monoisotopic (exact) mass is 265 g/mol. The number of nitrogens with zero attached hydrogens (tertiary/aromatic N) is 1. The highest BCUT2D eigenvalue weighted by atomic mass is 16.5. The summed E-state index contributed by atoms with van der Waals surface area (Å²) in [6, 6.07) is 4.27. The first-order valence-electron chi connectivity index (χ1n) is 5.73. The van der Waals surface area contributed by atoms with E-state index < -0.39 is 12.0 Å². The first-order chi connectivity index (χ1) is 8.97. The van der Waals surface area contributed by atoms with E-state index in [0.29, 0.717) is 11.4 Å². The van der Waals surface area contributed by atoms with Gasteiger partial charge in [0.25, 0.3) is 5.91 Å². The van der Waals surface area contributed by atoms with E-state index in [4.69, 9.17) is 15.6 Å². The molecule has 1 amide bonds. The lowest BCUT2D eigenvalue weighted by molar-refractivity contribution is -0.138. The zero-order valence-electron chi connectivity index (χ0n) is 10.4. The van der Waals surface area contributed by atoms with E-state index in [-0.39, 0.29) is 19.1 Å². The Morgan fingerprint density at radius 1 is 1.63 bits per heavy atom. The molecule has 0 radical (unpaired) electrons. The molecule has 7 heteroatoms. The van der Waals surface area contributed by atoms with Crippen LogP contribution in [-0.4, -0.2) is 43.2 Å². The van der Waals surface area contributed by atoms with Gasteiger partial charge in [0.2, 0.25) is 0 Å². The predicted octanol–water partition coefficient (Wildman–Crippen LogP) is -0.134. The number of likely N-dealkylation sites (N-methyl/N-ethyl adjacent to an activating group) is 1. The first-order valence-corrected chi connectivity index (χ1v) is 5.73. The van der Waals surface area contributed by atoms with Gasteiger partial charge >= 0.3 is 5.97 Å². The fraction of sp³-hybridized carbons (Fsp3) is 0.333. The number of fused-ring (bicyclic) bond motifs is 1. The van der Waals surface area contributed by atoms with Crippen LogP contribution in [0.15, 0.2) is 18.2 Å². The number of nitrogens with one attached hydrogen (secondary N) is 1. The molecule has 102 valence electrons. The quantitative estimate of drug-likeness (QED) is 0.700. The van der Waals surface area contributed by atoms with Gasteiger partial charge in [-0.3, -0.25) is 9.59 Å². The molecular weight excluding hydrogens is 250 g/mol. The van der Waals surface area contributed by atoms with Crippen LogP contribution in [0.5, 0.6) is 5.75 Å². The summed E-state index contributed by atoms with van der Waals surface area (Å²) in [6.07, 6.45) is 0. The minimum Gasteiger partial charge on any atom is -0.482 e. The summed E-state index contributed by atoms with van der Waals surface area (Å²) < 4.78 is 5.24. The number of ether oxygens (including phenoxy) is 1. The normalized spacial score (nSPS) is 14.9. The summed E-state index contributed by atoms with van der Waals surface area (Å²) in [5.41, 5.74) is 6.80. The maximum atomic E-state index is 11.2. The number of hydrogen-bond donors (Lipinski definition) is 3. The molecule has 1 atom stereocenters. The fourth-order valence-corrected chi connectivity index (χ4v) is 1.79. The Kier molecular flexibility index (Phi) is 3.57. The van der Waals surface area contributed by atoms with E-state index in [2.05, 4.69) is 5.32 Å². The first kappa shape index (κ1) is 13.2. The lowest BCUT2D eigenvalue weighted by atomic mass is 10.2. The van der Waals surface area contributed by atoms with Crippen molar-refractivity contribution < 1.29 is 19.4 Å². The van der Waals surface area contributed by atoms with Crippen LogP contribution >= 0.6 is 0 Å². The van der Waals surface area contributed by atoms with Crippen molar-refractivity contribution in [1.82, 2.24) is 0 Å². The molecule has 19 heavy (non-hydrogen) atoms. The summed E-state index contributed by atoms with van der Waals surface area (Å²) in [6.45, 7) is 0.176. The average molecular weight is 265 g/mol. The van der Waals surface area contributed by atoms with E-state index in [1.807, 2.05) is 0 Å². The van der Waals surface area contributed by atoms with Crippen LogP contribution in [0, 0.1) is 0 Å². The van der Waals surface area contributed by atoms with Crippen molar-refractivity contribution in [1.29, 1.82) is 0 Å². The summed E-state index contributed by atoms with van der Waals surface area (Å²) in [4.78, 5) is 23.6. The molecule has 0 saturated carbocycles. The molecule has 1 aromatic rings. The number of carboxylic acid groups (broad SMARTS) is 1. The van der Waals surface area contributed by atoms with E-state index >= 15 is 0 Å². The van der Waals surface area contributed by atoms with Gasteiger partial charge in [-0.25, -0.2) is 0 Å². The molecule has 0 saturated heterocycles. The molecule has 1 unspecified atom stereocenters. The Balaban J connectivity index is 2.15. The van der Waals surface area contributed by atoms with Gasteiger partial charge in [-0.15, -0.1) is 0 Å². The van der Waals surface area contributed by atoms with Gasteiger partial charge in [0, 0.05) is 19.3 Å². The molecule has 1 heterocycles. The Morgan fingerprint density at radius 3 is 3.05 bits per heavy atom. The fourth-order valence-electron chi connectivity index (χ4n) is 1.79. The maximum Gasteiger partial charge on any atom is 0.322 e. The number of carbonyl (C=O) groups is 2. The number of aliphatic carboxylic acids is 1. The third-order valence-electron chi connectivity index (χ3n) is 2.82. The van der Waals surface area contributed by atoms with Crippen molar-refractivity contribution in [2.75, 3.05) is 30.4 Å². The standard InChI is InChI=1S/C12H15N3O4/c1-15(5-8(13)12(17)18)7-2-3-10-9(4-7)14-11(16)6-19-10/h2-4,8H,5-6,13H2,1H3,(H,14,16)(H,17,18). The van der Waals surface area contributed by atoms with Crippen LogP contribution in [0.4, 0.5) is 11.4 Å². The minimum atomic E-state index is -1.05. The van der Waals surface area contributed by atoms with Crippen LogP contribution < -0.4 is 20.7 Å². The number of hydrogen-bond acceptors (Lipinski definition) is 5. The van der Waals surface area contributed by atoms with Crippen molar-refractivity contribution in [3.8, 4) is 5.75 Å². The Hall–Kier alpha value is -2.28. The molecule has 0 aromatic heterocycles. The van der Waals surface area contributed by atoms with Crippen LogP contribution in [-0.2, 0) is 9.59 Å². The smallest absolute Gasteiger partial charge is 0.322 e. The number of carbonyl (C=O) groups excluding carboxylic acids is 1. The largest absolute Gasteiger partial charge is 0.482 e. The Morgan fingerprint density at radius 2 is 2.37 bits per heavy atom. The number of carboxylic acids is 1. The highest BCUT2D eigenvalue weighted by molar-refractivity contribution is 5.96. The minimum absolute atomic E-state index is 0.00603. The number of benzene rings is 1. The highest BCUT2D eigenvalue weighted by Crippen LogP contribution is 2.31. The maximum absolute atomic E-state index is 11.2. The van der Waals surface area contributed by atoms with Crippen molar-refractivity contribution in [2.45, 2.75) is 6.04 Å². The molecule has 0 bridgehead atoms. The Labute approximate surface area is 109 Å². The summed E-state index contributed by atoms with van der Waals surface area (Å²) in [5, 5.41) is 11.5. The summed E-state index contributed by atoms with van der Waals surface area (Å²) >= 11 is 0. The molecule has 0 spiro atoms. The molecule has 0 fully saturated rings. The molecule has 7 nitrogen and oxygen atoms in total. The topological polar surface area (TPSA) is 105 Å². The van der Waals surface area contributed by atoms with E-state index in [1.165, 1.54) is 0 Å². The second-order valence-electron chi connectivity index (χ2n) is 4.34. The third kappa shape index (κ3) is 2.94. The van der Waals surface area contributed by atoms with Crippen LogP contribution in [0.25, 0.3) is 0 Å². The predicted molar refractivity (Wildman–Crippen MR) is 69.4 cm³/mol. The van der Waals surface area contributed by atoms with Crippen LogP contribution in [0.1, 0.15) is 0 Å². The van der Waals surface area contributed by atoms with E-state index in [1.54, 1.807) is 30.1 Å². The number of anilines is 2. The summed E-state index contributed by atoms with van der Waals surface area (Å²) in [7, 11) is 1.73. The van der Waals surface area contributed by atoms with Crippen LogP contribution in [0.3, 0.4) is 0 Å². The van der Waals surface area contributed by atoms with E-state index in [0.717, 1.165) is 5.69 Å². The lowest BCUT2D eigenvalue weighted by Gasteiger charge is -2.24. The van der Waals surface area contributed by atoms with Crippen LogP contribution in [0.2, 0.25) is 0 Å². The van der Waals surface area contributed by atoms with Gasteiger partial charge in [-0.05, 0) is 18.2 Å². The van der Waals surface area contributed by atoms with Crippen molar-refractivity contribution >= 4 is 23.3 Å². The third-order valence-corrected chi connectivity index (χ3v) is 2.82. The number of nitrogens with two attached hydrogens (primary N) is 1. The molecule has 0 aliphatic carbocycles. The lowest BCUT2D eigenvalue weighted by Crippen LogP contribution is -2.41. The van der Waals surface area contributed by atoms with Crippen molar-refractivity contribution in [3.05, 3.63) is 18.2 Å². The average Bonchev–Trinajstić information content (AvgIpc) is 2.37. The second kappa shape index (κ2) is 5.15. The van der Waals surface area contributed by atoms with Gasteiger partial charge in [0.1, 0.15) is 11.8 Å². The SMILES string of the molecule is CN(CC(N)C(=O)O)c1ccc2c(c1)NC(=O)CO2. The molecule has 1 aromatic carbocycles. The zero-order chi connectivity index (χ0) is 14.0.